The van der Waals surface area contributed by atoms with Gasteiger partial charge < -0.3 is 15.5 Å². The van der Waals surface area contributed by atoms with Crippen molar-refractivity contribution in [2.75, 3.05) is 19.4 Å². The van der Waals surface area contributed by atoms with Crippen LogP contribution >= 0.6 is 0 Å². The van der Waals surface area contributed by atoms with Crippen LogP contribution in [0.5, 0.6) is 0 Å². The number of hydrogen-bond donors (Lipinski definition) is 2. The molecule has 0 aromatic heterocycles. The summed E-state index contributed by atoms with van der Waals surface area (Å²) in [6.07, 6.45) is 0.752. The first-order chi connectivity index (χ1) is 14.1. The Kier molecular flexibility index (Phi) is 6.63. The molecular formula is C24H25N3O2. The molecule has 0 atom stereocenters. The van der Waals surface area contributed by atoms with E-state index in [9.17, 15) is 9.59 Å². The number of carbonyl (C=O) groups excluding carboxylic acids is 2. The molecule has 5 nitrogen and oxygen atoms in total. The normalized spacial score (nSPS) is 10.3. The number of nitrogens with one attached hydrogen (secondary N) is 2. The number of nitrogens with zero attached hydrogens (tertiary/aromatic N) is 1. The maximum Gasteiger partial charge on any atom is 0.321 e. The van der Waals surface area contributed by atoms with Gasteiger partial charge in [0.05, 0.1) is 0 Å². The molecule has 0 aliphatic carbocycles. The van der Waals surface area contributed by atoms with Gasteiger partial charge in [0.2, 0.25) is 0 Å². The quantitative estimate of drug-likeness (QED) is 0.662. The van der Waals surface area contributed by atoms with Crippen LogP contribution in [0, 0.1) is 0 Å². The SMILES string of the molecule is CNC(=O)c1ccc(CN(C)C(=O)Nc2ccccc2Cc2ccccc2)cc1. The van der Waals surface area contributed by atoms with Gasteiger partial charge >= 0.3 is 6.03 Å². The summed E-state index contributed by atoms with van der Waals surface area (Å²) in [6, 6.07) is 25.1. The summed E-state index contributed by atoms with van der Waals surface area (Å²) in [6.45, 7) is 0.445. The van der Waals surface area contributed by atoms with Crippen LogP contribution in [0.3, 0.4) is 0 Å². The van der Waals surface area contributed by atoms with Crippen LogP contribution in [0.25, 0.3) is 0 Å². The van der Waals surface area contributed by atoms with Crippen molar-refractivity contribution in [1.82, 2.24) is 10.2 Å². The second-order valence-electron chi connectivity index (χ2n) is 6.88. The number of hydrogen-bond acceptors (Lipinski definition) is 2. The summed E-state index contributed by atoms with van der Waals surface area (Å²) >= 11 is 0. The van der Waals surface area contributed by atoms with Crippen molar-refractivity contribution in [3.8, 4) is 0 Å². The van der Waals surface area contributed by atoms with E-state index in [0.29, 0.717) is 12.1 Å². The summed E-state index contributed by atoms with van der Waals surface area (Å²) in [5.41, 5.74) is 4.61. The number of anilines is 1. The van der Waals surface area contributed by atoms with Gasteiger partial charge in [0.25, 0.3) is 5.91 Å². The molecule has 3 aromatic carbocycles. The lowest BCUT2D eigenvalue weighted by atomic mass is 10.0. The van der Waals surface area contributed by atoms with Gasteiger partial charge in [-0.2, -0.15) is 0 Å². The number of rotatable bonds is 6. The van der Waals surface area contributed by atoms with Crippen molar-refractivity contribution in [2.24, 2.45) is 0 Å². The molecule has 0 heterocycles. The Morgan fingerprint density at radius 2 is 1.48 bits per heavy atom. The average molecular weight is 387 g/mol. The summed E-state index contributed by atoms with van der Waals surface area (Å²) in [4.78, 5) is 25.9. The number of para-hydroxylation sites is 1. The maximum absolute atomic E-state index is 12.7. The fourth-order valence-electron chi connectivity index (χ4n) is 3.07. The van der Waals surface area contributed by atoms with E-state index in [-0.39, 0.29) is 11.9 Å². The number of urea groups is 1. The van der Waals surface area contributed by atoms with Crippen molar-refractivity contribution < 1.29 is 9.59 Å². The highest BCUT2D eigenvalue weighted by molar-refractivity contribution is 5.94. The average Bonchev–Trinajstić information content (AvgIpc) is 2.75. The van der Waals surface area contributed by atoms with Crippen LogP contribution in [0.15, 0.2) is 78.9 Å². The molecule has 148 valence electrons. The zero-order valence-electron chi connectivity index (χ0n) is 16.7. The molecule has 0 unspecified atom stereocenters. The van der Waals surface area contributed by atoms with Gasteiger partial charge in [-0.1, -0.05) is 60.7 Å². The Balaban J connectivity index is 1.65. The van der Waals surface area contributed by atoms with E-state index in [0.717, 1.165) is 23.2 Å². The fourth-order valence-corrected chi connectivity index (χ4v) is 3.07. The maximum atomic E-state index is 12.7. The molecule has 29 heavy (non-hydrogen) atoms. The molecular weight excluding hydrogens is 362 g/mol. The van der Waals surface area contributed by atoms with E-state index in [4.69, 9.17) is 0 Å². The minimum atomic E-state index is -0.180. The first-order valence-corrected chi connectivity index (χ1v) is 9.52. The second kappa shape index (κ2) is 9.55. The third-order valence-electron chi connectivity index (χ3n) is 4.71. The predicted octanol–water partition coefficient (Wildman–Crippen LogP) is 4.30. The first kappa shape index (κ1) is 20.1. The molecule has 0 spiro atoms. The van der Waals surface area contributed by atoms with Crippen molar-refractivity contribution in [3.05, 3.63) is 101 Å². The molecule has 0 aliphatic rings. The Morgan fingerprint density at radius 3 is 2.17 bits per heavy atom. The molecule has 0 fully saturated rings. The molecule has 2 N–H and O–H groups in total. The molecule has 0 saturated carbocycles. The molecule has 3 aromatic rings. The molecule has 0 saturated heterocycles. The third kappa shape index (κ3) is 5.45. The van der Waals surface area contributed by atoms with Gasteiger partial charge in [-0.3, -0.25) is 4.79 Å². The van der Waals surface area contributed by atoms with E-state index >= 15 is 0 Å². The van der Waals surface area contributed by atoms with E-state index < -0.39 is 0 Å². The van der Waals surface area contributed by atoms with Crippen LogP contribution in [0.4, 0.5) is 10.5 Å². The highest BCUT2D eigenvalue weighted by Gasteiger charge is 2.12. The zero-order chi connectivity index (χ0) is 20.6. The lowest BCUT2D eigenvalue weighted by Crippen LogP contribution is -2.31. The van der Waals surface area contributed by atoms with E-state index in [2.05, 4.69) is 22.8 Å². The number of carbonyl (C=O) groups is 2. The minimum absolute atomic E-state index is 0.127. The Labute approximate surface area is 171 Å². The van der Waals surface area contributed by atoms with E-state index in [1.54, 1.807) is 31.1 Å². The van der Waals surface area contributed by atoms with Crippen LogP contribution in [0.1, 0.15) is 27.0 Å². The van der Waals surface area contributed by atoms with Gasteiger partial charge in [0.15, 0.2) is 0 Å². The predicted molar refractivity (Wildman–Crippen MR) is 116 cm³/mol. The monoisotopic (exact) mass is 387 g/mol. The van der Waals surface area contributed by atoms with Crippen molar-refractivity contribution in [1.29, 1.82) is 0 Å². The van der Waals surface area contributed by atoms with E-state index in [1.807, 2.05) is 54.6 Å². The zero-order valence-corrected chi connectivity index (χ0v) is 16.7. The minimum Gasteiger partial charge on any atom is -0.355 e. The van der Waals surface area contributed by atoms with Gasteiger partial charge in [0.1, 0.15) is 0 Å². The smallest absolute Gasteiger partial charge is 0.321 e. The molecule has 0 radical (unpaired) electrons. The summed E-state index contributed by atoms with van der Waals surface area (Å²) in [7, 11) is 3.35. The van der Waals surface area contributed by atoms with Crippen LogP contribution in [-0.2, 0) is 13.0 Å². The van der Waals surface area contributed by atoms with Gasteiger partial charge in [-0.15, -0.1) is 0 Å². The summed E-state index contributed by atoms with van der Waals surface area (Å²) < 4.78 is 0. The number of benzene rings is 3. The van der Waals surface area contributed by atoms with Gasteiger partial charge in [0, 0.05) is 31.9 Å². The molecule has 5 heteroatoms. The summed E-state index contributed by atoms with van der Waals surface area (Å²) in [5.74, 6) is -0.127. The van der Waals surface area contributed by atoms with Crippen molar-refractivity contribution in [2.45, 2.75) is 13.0 Å². The van der Waals surface area contributed by atoms with Crippen LogP contribution < -0.4 is 10.6 Å². The highest BCUT2D eigenvalue weighted by atomic mass is 16.2. The molecule has 3 amide bonds. The highest BCUT2D eigenvalue weighted by Crippen LogP contribution is 2.20. The second-order valence-corrected chi connectivity index (χ2v) is 6.88. The third-order valence-corrected chi connectivity index (χ3v) is 4.71. The lowest BCUT2D eigenvalue weighted by molar-refractivity contribution is 0.0963. The largest absolute Gasteiger partial charge is 0.355 e. The molecule has 0 bridgehead atoms. The lowest BCUT2D eigenvalue weighted by Gasteiger charge is -2.19. The van der Waals surface area contributed by atoms with Gasteiger partial charge in [-0.05, 0) is 41.3 Å². The van der Waals surface area contributed by atoms with Gasteiger partial charge in [-0.25, -0.2) is 4.79 Å². The van der Waals surface area contributed by atoms with E-state index in [1.165, 1.54) is 5.56 Å². The standard InChI is InChI=1S/C24H25N3O2/c1-25-23(28)20-14-12-19(13-15-20)17-27(2)24(29)26-22-11-7-6-10-21(22)16-18-8-4-3-5-9-18/h3-15H,16-17H2,1-2H3,(H,25,28)(H,26,29). The molecule has 0 aliphatic heterocycles. The van der Waals surface area contributed by atoms with Crippen molar-refractivity contribution >= 4 is 17.6 Å². The summed E-state index contributed by atoms with van der Waals surface area (Å²) in [5, 5.41) is 5.61. The Hall–Kier alpha value is -3.60. The number of amides is 3. The van der Waals surface area contributed by atoms with Crippen LogP contribution in [-0.4, -0.2) is 30.9 Å². The fraction of sp³-hybridized carbons (Fsp3) is 0.167. The first-order valence-electron chi connectivity index (χ1n) is 9.52. The topological polar surface area (TPSA) is 61.4 Å². The molecule has 3 rings (SSSR count). The van der Waals surface area contributed by atoms with Crippen molar-refractivity contribution in [3.63, 3.8) is 0 Å². The van der Waals surface area contributed by atoms with Crippen LogP contribution in [0.2, 0.25) is 0 Å². The Morgan fingerprint density at radius 1 is 0.828 bits per heavy atom. The Bertz CT molecular complexity index is 969.